The molecule has 0 unspecified atom stereocenters. The highest BCUT2D eigenvalue weighted by molar-refractivity contribution is 5.88. The van der Waals surface area contributed by atoms with Gasteiger partial charge < -0.3 is 24.8 Å². The second-order valence-electron chi connectivity index (χ2n) is 9.59. The van der Waals surface area contributed by atoms with Crippen LogP contribution < -0.4 is 0 Å². The number of carbonyl (C=O) groups excluding carboxylic acids is 2. The third-order valence-electron chi connectivity index (χ3n) is 7.08. The summed E-state index contributed by atoms with van der Waals surface area (Å²) in [6.07, 6.45) is 7.07. The smallest absolute Gasteiger partial charge is 0.343 e. The molecule has 3 rings (SSSR count). The van der Waals surface area contributed by atoms with E-state index in [0.29, 0.717) is 12.0 Å². The minimum absolute atomic E-state index is 0.00192. The fourth-order valence-corrected chi connectivity index (χ4v) is 5.59. The quantitative estimate of drug-likeness (QED) is 0.269. The van der Waals surface area contributed by atoms with Crippen LogP contribution in [0.4, 0.5) is 0 Å². The van der Waals surface area contributed by atoms with Crippen LogP contribution in [-0.4, -0.2) is 57.8 Å². The first kappa shape index (κ1) is 22.7. The molecule has 7 nitrogen and oxygen atoms in total. The first-order valence-corrected chi connectivity index (χ1v) is 10.5. The van der Waals surface area contributed by atoms with Gasteiger partial charge in [0.1, 0.15) is 12.7 Å². The zero-order valence-corrected chi connectivity index (χ0v) is 18.0. The van der Waals surface area contributed by atoms with E-state index in [9.17, 15) is 24.9 Å². The molecule has 0 aromatic carbocycles. The Labute approximate surface area is 177 Å². The van der Waals surface area contributed by atoms with Gasteiger partial charge >= 0.3 is 11.9 Å². The van der Waals surface area contributed by atoms with Crippen molar-refractivity contribution < 1.29 is 34.4 Å². The molecule has 1 saturated carbocycles. The van der Waals surface area contributed by atoms with E-state index in [4.69, 9.17) is 9.47 Å². The molecule has 0 aromatic rings. The van der Waals surface area contributed by atoms with E-state index in [-0.39, 0.29) is 17.9 Å². The van der Waals surface area contributed by atoms with Crippen molar-refractivity contribution in [1.82, 2.24) is 0 Å². The first-order valence-electron chi connectivity index (χ1n) is 10.5. The van der Waals surface area contributed by atoms with Gasteiger partial charge in [-0.2, -0.15) is 0 Å². The zero-order valence-electron chi connectivity index (χ0n) is 18.0. The number of hydrogen-bond donors (Lipinski definition) is 3. The Balaban J connectivity index is 1.86. The van der Waals surface area contributed by atoms with Crippen molar-refractivity contribution in [3.05, 3.63) is 36.0 Å². The molecule has 2 aliphatic carbocycles. The number of rotatable bonds is 5. The second-order valence-corrected chi connectivity index (χ2v) is 9.59. The Morgan fingerprint density at radius 3 is 2.63 bits per heavy atom. The minimum atomic E-state index is -1.69. The Bertz CT molecular complexity index is 793. The molecule has 0 radical (unpaired) electrons. The van der Waals surface area contributed by atoms with E-state index in [1.807, 2.05) is 6.92 Å². The maximum absolute atomic E-state index is 12.5. The number of cyclic esters (lactones) is 1. The Morgan fingerprint density at radius 2 is 1.97 bits per heavy atom. The number of aliphatic hydroxyl groups is 3. The zero-order chi connectivity index (χ0) is 22.3. The van der Waals surface area contributed by atoms with Crippen molar-refractivity contribution in [1.29, 1.82) is 0 Å². The molecule has 3 aliphatic rings. The standard InChI is InChI=1S/C23H32O7/c1-14(24)16(25)8-5-6-9-18(26)30-17-12-15-13-29-20(27)23(15,28)22(4)11-7-10-21(2,3)19(17)22/h5-6,8-9,12,14,16-17,19,24-25,28H,7,10-11,13H2,1-4H3/b8-5+,9-6+/t14-,16-,17+,19+,22-,23-/m0/s1. The summed E-state index contributed by atoms with van der Waals surface area (Å²) >= 11 is 0. The predicted molar refractivity (Wildman–Crippen MR) is 109 cm³/mol. The topological polar surface area (TPSA) is 113 Å². The van der Waals surface area contributed by atoms with Crippen molar-refractivity contribution in [3.63, 3.8) is 0 Å². The van der Waals surface area contributed by atoms with Crippen LogP contribution in [0.1, 0.15) is 47.0 Å². The molecule has 7 heteroatoms. The number of allylic oxidation sites excluding steroid dienone is 2. The molecule has 1 saturated heterocycles. The van der Waals surface area contributed by atoms with Crippen molar-refractivity contribution in [2.24, 2.45) is 16.7 Å². The lowest BCUT2D eigenvalue weighted by Gasteiger charge is -2.59. The van der Waals surface area contributed by atoms with Gasteiger partial charge in [0.05, 0.1) is 12.2 Å². The van der Waals surface area contributed by atoms with Crippen molar-refractivity contribution in [3.8, 4) is 0 Å². The average Bonchev–Trinajstić information content (AvgIpc) is 2.94. The first-order chi connectivity index (χ1) is 13.9. The van der Waals surface area contributed by atoms with Gasteiger partial charge in [-0.05, 0) is 31.3 Å². The molecule has 0 aromatic heterocycles. The molecular formula is C23H32O7. The third kappa shape index (κ3) is 3.63. The van der Waals surface area contributed by atoms with Crippen LogP contribution in [0.2, 0.25) is 0 Å². The van der Waals surface area contributed by atoms with Crippen LogP contribution in [-0.2, 0) is 19.1 Å². The summed E-state index contributed by atoms with van der Waals surface area (Å²) in [4.78, 5) is 25.0. The van der Waals surface area contributed by atoms with Gasteiger partial charge in [0.15, 0.2) is 5.60 Å². The number of carbonyl (C=O) groups is 2. The van der Waals surface area contributed by atoms with Crippen LogP contribution in [0.5, 0.6) is 0 Å². The summed E-state index contributed by atoms with van der Waals surface area (Å²) in [5, 5.41) is 30.2. The Morgan fingerprint density at radius 1 is 1.27 bits per heavy atom. The van der Waals surface area contributed by atoms with Crippen molar-refractivity contribution >= 4 is 11.9 Å². The lowest BCUT2D eigenvalue weighted by atomic mass is 9.46. The van der Waals surface area contributed by atoms with Crippen LogP contribution in [0.15, 0.2) is 36.0 Å². The fourth-order valence-electron chi connectivity index (χ4n) is 5.59. The van der Waals surface area contributed by atoms with Gasteiger partial charge in [-0.1, -0.05) is 45.4 Å². The predicted octanol–water partition coefficient (Wildman–Crippen LogP) is 1.81. The molecule has 166 valence electrons. The molecule has 0 amide bonds. The molecular weight excluding hydrogens is 388 g/mol. The summed E-state index contributed by atoms with van der Waals surface area (Å²) in [7, 11) is 0. The molecule has 0 spiro atoms. The van der Waals surface area contributed by atoms with E-state index in [1.54, 1.807) is 6.08 Å². The molecule has 0 bridgehead atoms. The summed E-state index contributed by atoms with van der Waals surface area (Å²) in [6, 6.07) is 0. The highest BCUT2D eigenvalue weighted by atomic mass is 16.6. The summed E-state index contributed by atoms with van der Waals surface area (Å²) < 4.78 is 11.0. The molecule has 3 N–H and O–H groups in total. The molecule has 6 atom stereocenters. The highest BCUT2D eigenvalue weighted by Crippen LogP contribution is 2.63. The highest BCUT2D eigenvalue weighted by Gasteiger charge is 2.69. The molecule has 30 heavy (non-hydrogen) atoms. The molecule has 1 aliphatic heterocycles. The average molecular weight is 421 g/mol. The summed E-state index contributed by atoms with van der Waals surface area (Å²) in [5.74, 6) is -1.44. The SMILES string of the molecule is C[C@H](O)[C@@H](O)/C=C/C=C/C(=O)O[C@@H]1C=C2COC(=O)[C@]2(O)[C@@]2(C)CCCC(C)(C)[C@@H]12. The number of fused-ring (bicyclic) bond motifs is 3. The second kappa shape index (κ2) is 7.94. The van der Waals surface area contributed by atoms with Gasteiger partial charge in [0.2, 0.25) is 0 Å². The maximum atomic E-state index is 12.5. The van der Waals surface area contributed by atoms with Crippen LogP contribution >= 0.6 is 0 Å². The van der Waals surface area contributed by atoms with Gasteiger partial charge in [-0.3, -0.25) is 0 Å². The van der Waals surface area contributed by atoms with Gasteiger partial charge in [0.25, 0.3) is 0 Å². The van der Waals surface area contributed by atoms with Crippen molar-refractivity contribution in [2.45, 2.75) is 70.9 Å². The van der Waals surface area contributed by atoms with Crippen LogP contribution in [0, 0.1) is 16.7 Å². The molecule has 2 fully saturated rings. The van der Waals surface area contributed by atoms with Gasteiger partial charge in [-0.15, -0.1) is 0 Å². The van der Waals surface area contributed by atoms with Gasteiger partial charge in [-0.25, -0.2) is 9.59 Å². The summed E-state index contributed by atoms with van der Waals surface area (Å²) in [5.41, 5.74) is -2.29. The van der Waals surface area contributed by atoms with Gasteiger partial charge in [0, 0.05) is 23.0 Å². The summed E-state index contributed by atoms with van der Waals surface area (Å²) in [6.45, 7) is 7.52. The van der Waals surface area contributed by atoms with Crippen LogP contribution in [0.3, 0.4) is 0 Å². The Hall–Kier alpha value is -1.96. The van der Waals surface area contributed by atoms with Crippen LogP contribution in [0.25, 0.3) is 0 Å². The monoisotopic (exact) mass is 420 g/mol. The third-order valence-corrected chi connectivity index (χ3v) is 7.08. The normalized spacial score (nSPS) is 37.3. The van der Waals surface area contributed by atoms with E-state index in [0.717, 1.165) is 12.8 Å². The number of esters is 2. The van der Waals surface area contributed by atoms with E-state index >= 15 is 0 Å². The number of aliphatic hydroxyl groups excluding tert-OH is 2. The van der Waals surface area contributed by atoms with Crippen molar-refractivity contribution in [2.75, 3.05) is 6.61 Å². The Kier molecular flexibility index (Phi) is 6.02. The van der Waals surface area contributed by atoms with E-state index in [1.165, 1.54) is 31.2 Å². The van der Waals surface area contributed by atoms with E-state index in [2.05, 4.69) is 13.8 Å². The minimum Gasteiger partial charge on any atom is -0.459 e. The van der Waals surface area contributed by atoms with E-state index < -0.39 is 41.3 Å². The maximum Gasteiger partial charge on any atom is 0.343 e. The number of hydrogen-bond acceptors (Lipinski definition) is 7. The number of ether oxygens (including phenoxy) is 2. The lowest BCUT2D eigenvalue weighted by molar-refractivity contribution is -0.194. The lowest BCUT2D eigenvalue weighted by Crippen LogP contribution is -2.65. The largest absolute Gasteiger partial charge is 0.459 e. The fraction of sp³-hybridized carbons (Fsp3) is 0.652. The molecule has 1 heterocycles.